The van der Waals surface area contributed by atoms with Gasteiger partial charge in [-0.3, -0.25) is 4.57 Å². The van der Waals surface area contributed by atoms with Crippen molar-refractivity contribution in [1.29, 1.82) is 0 Å². The molecule has 102 valence electrons. The number of nitrogen functional groups attached to an aromatic ring is 1. The van der Waals surface area contributed by atoms with Gasteiger partial charge < -0.3 is 15.6 Å². The molecule has 3 heterocycles. The van der Waals surface area contributed by atoms with Crippen LogP contribution in [0.1, 0.15) is 18.5 Å². The Bertz CT molecular complexity index is 616. The summed E-state index contributed by atoms with van der Waals surface area (Å²) in [7, 11) is 0. The Labute approximate surface area is 108 Å². The lowest BCUT2D eigenvalue weighted by molar-refractivity contribution is -0.0360. The molecule has 8 heteroatoms. The minimum atomic E-state index is -1.22. The van der Waals surface area contributed by atoms with E-state index >= 15 is 0 Å². The molecule has 0 unspecified atom stereocenters. The van der Waals surface area contributed by atoms with Gasteiger partial charge in [0.2, 0.25) is 0 Å². The van der Waals surface area contributed by atoms with E-state index in [0.717, 1.165) is 0 Å². The standard InChI is InChI=1S/C11H14FN5O2/c1-5-16-8-9(13)14-4-15-10(8)17(5)11-7(12)2-6(3-18)19-11/h4,6-7,11,18H,2-3H2,1H3,(H2,13,14,15)/t6-,7+,11+/m0/s1. The molecule has 3 rings (SSSR count). The van der Waals surface area contributed by atoms with Crippen LogP contribution in [0.2, 0.25) is 0 Å². The maximum Gasteiger partial charge on any atom is 0.168 e. The van der Waals surface area contributed by atoms with E-state index in [1.54, 1.807) is 11.5 Å². The van der Waals surface area contributed by atoms with Crippen LogP contribution in [-0.2, 0) is 4.74 Å². The third-order valence-electron chi connectivity index (χ3n) is 3.27. The fourth-order valence-electron chi connectivity index (χ4n) is 2.39. The van der Waals surface area contributed by atoms with E-state index in [2.05, 4.69) is 15.0 Å². The Morgan fingerprint density at radius 3 is 3.05 bits per heavy atom. The number of aromatic nitrogens is 4. The normalized spacial score (nSPS) is 27.2. The highest BCUT2D eigenvalue weighted by atomic mass is 19.1. The van der Waals surface area contributed by atoms with E-state index in [4.69, 9.17) is 15.6 Å². The number of aliphatic hydroxyl groups is 1. The second kappa shape index (κ2) is 4.39. The number of alkyl halides is 1. The maximum atomic E-state index is 14.0. The van der Waals surface area contributed by atoms with Crippen molar-refractivity contribution in [2.45, 2.75) is 31.8 Å². The van der Waals surface area contributed by atoms with Gasteiger partial charge in [-0.2, -0.15) is 0 Å². The Kier molecular flexibility index (Phi) is 2.83. The molecule has 3 N–H and O–H groups in total. The van der Waals surface area contributed by atoms with Crippen molar-refractivity contribution in [3.05, 3.63) is 12.2 Å². The molecule has 1 aliphatic rings. The highest BCUT2D eigenvalue weighted by Crippen LogP contribution is 2.34. The predicted octanol–water partition coefficient (Wildman–Crippen LogP) is 0.335. The number of rotatable bonds is 2. The van der Waals surface area contributed by atoms with Crippen molar-refractivity contribution >= 4 is 17.0 Å². The second-order valence-corrected chi connectivity index (χ2v) is 4.54. The third-order valence-corrected chi connectivity index (χ3v) is 3.27. The molecule has 0 spiro atoms. The minimum Gasteiger partial charge on any atom is -0.394 e. The highest BCUT2D eigenvalue weighted by molar-refractivity contribution is 5.81. The molecule has 2 aromatic heterocycles. The van der Waals surface area contributed by atoms with Crippen LogP contribution in [0, 0.1) is 6.92 Å². The van der Waals surface area contributed by atoms with Crippen LogP contribution < -0.4 is 5.73 Å². The van der Waals surface area contributed by atoms with Gasteiger partial charge >= 0.3 is 0 Å². The van der Waals surface area contributed by atoms with Crippen LogP contribution in [0.3, 0.4) is 0 Å². The van der Waals surface area contributed by atoms with Crippen LogP contribution in [0.5, 0.6) is 0 Å². The number of anilines is 1. The zero-order valence-electron chi connectivity index (χ0n) is 10.3. The first-order chi connectivity index (χ1) is 9.11. The molecule has 19 heavy (non-hydrogen) atoms. The zero-order valence-corrected chi connectivity index (χ0v) is 10.3. The summed E-state index contributed by atoms with van der Waals surface area (Å²) in [5, 5.41) is 9.06. The second-order valence-electron chi connectivity index (χ2n) is 4.54. The van der Waals surface area contributed by atoms with Gasteiger partial charge in [-0.25, -0.2) is 19.3 Å². The Balaban J connectivity index is 2.10. The van der Waals surface area contributed by atoms with Crippen molar-refractivity contribution in [3.63, 3.8) is 0 Å². The van der Waals surface area contributed by atoms with Crippen LogP contribution in [0.25, 0.3) is 11.2 Å². The molecule has 2 aromatic rings. The van der Waals surface area contributed by atoms with Crippen molar-refractivity contribution in [2.75, 3.05) is 12.3 Å². The van der Waals surface area contributed by atoms with Crippen LogP contribution >= 0.6 is 0 Å². The number of fused-ring (bicyclic) bond motifs is 1. The topological polar surface area (TPSA) is 99.1 Å². The van der Waals surface area contributed by atoms with Gasteiger partial charge in [0.1, 0.15) is 18.3 Å². The van der Waals surface area contributed by atoms with E-state index in [1.807, 2.05) is 0 Å². The largest absolute Gasteiger partial charge is 0.394 e. The summed E-state index contributed by atoms with van der Waals surface area (Å²) in [5.74, 6) is 0.799. The number of halogens is 1. The van der Waals surface area contributed by atoms with Gasteiger partial charge in [0.25, 0.3) is 0 Å². The molecule has 0 aliphatic carbocycles. The summed E-state index contributed by atoms with van der Waals surface area (Å²) in [6.45, 7) is 1.52. The summed E-state index contributed by atoms with van der Waals surface area (Å²) in [6.07, 6.45) is -1.10. The molecule has 0 bridgehead atoms. The van der Waals surface area contributed by atoms with E-state index in [-0.39, 0.29) is 18.8 Å². The Morgan fingerprint density at radius 2 is 2.37 bits per heavy atom. The number of imidazole rings is 1. The van der Waals surface area contributed by atoms with E-state index in [9.17, 15) is 4.39 Å². The molecule has 7 nitrogen and oxygen atoms in total. The monoisotopic (exact) mass is 267 g/mol. The summed E-state index contributed by atoms with van der Waals surface area (Å²) in [6, 6.07) is 0. The SMILES string of the molecule is Cc1nc2c(N)ncnc2n1[C@@H]1O[C@H](CO)C[C@H]1F. The fourth-order valence-corrected chi connectivity index (χ4v) is 2.39. The molecule has 1 aliphatic heterocycles. The number of nitrogens with two attached hydrogens (primary N) is 1. The highest BCUT2D eigenvalue weighted by Gasteiger charge is 2.38. The van der Waals surface area contributed by atoms with Gasteiger partial charge in [-0.15, -0.1) is 0 Å². The van der Waals surface area contributed by atoms with Gasteiger partial charge in [0.15, 0.2) is 23.2 Å². The van der Waals surface area contributed by atoms with E-state index < -0.39 is 18.5 Å². The number of hydrogen-bond acceptors (Lipinski definition) is 6. The molecule has 0 aromatic carbocycles. The molecular formula is C11H14FN5O2. The number of hydrogen-bond donors (Lipinski definition) is 2. The van der Waals surface area contributed by atoms with Gasteiger partial charge in [-0.05, 0) is 6.92 Å². The number of ether oxygens (including phenoxy) is 1. The molecule has 0 saturated carbocycles. The van der Waals surface area contributed by atoms with Crippen molar-refractivity contribution < 1.29 is 14.2 Å². The Morgan fingerprint density at radius 1 is 1.58 bits per heavy atom. The lowest BCUT2D eigenvalue weighted by Crippen LogP contribution is -2.18. The summed E-state index contributed by atoms with van der Waals surface area (Å²) < 4.78 is 21.1. The van der Waals surface area contributed by atoms with E-state index in [1.165, 1.54) is 6.33 Å². The summed E-state index contributed by atoms with van der Waals surface area (Å²) >= 11 is 0. The van der Waals surface area contributed by atoms with Crippen LogP contribution in [0.15, 0.2) is 6.33 Å². The zero-order chi connectivity index (χ0) is 13.6. The number of aliphatic hydroxyl groups excluding tert-OH is 1. The number of aryl methyl sites for hydroxylation is 1. The predicted molar refractivity (Wildman–Crippen MR) is 65.0 cm³/mol. The maximum absolute atomic E-state index is 14.0. The summed E-state index contributed by atoms with van der Waals surface area (Å²) in [4.78, 5) is 12.2. The molecule has 3 atom stereocenters. The average molecular weight is 267 g/mol. The van der Waals surface area contributed by atoms with E-state index in [0.29, 0.717) is 17.0 Å². The van der Waals surface area contributed by atoms with Crippen LogP contribution in [-0.4, -0.2) is 43.5 Å². The first-order valence-electron chi connectivity index (χ1n) is 5.97. The molecule has 1 saturated heterocycles. The van der Waals surface area contributed by atoms with Gasteiger partial charge in [0, 0.05) is 6.42 Å². The first-order valence-corrected chi connectivity index (χ1v) is 5.97. The molecule has 0 amide bonds. The van der Waals surface area contributed by atoms with Crippen molar-refractivity contribution in [1.82, 2.24) is 19.5 Å². The third kappa shape index (κ3) is 1.83. The number of nitrogens with zero attached hydrogens (tertiary/aromatic N) is 4. The van der Waals surface area contributed by atoms with Crippen molar-refractivity contribution in [3.8, 4) is 0 Å². The smallest absolute Gasteiger partial charge is 0.168 e. The summed E-state index contributed by atoms with van der Waals surface area (Å²) in [5.41, 5.74) is 6.60. The lowest BCUT2D eigenvalue weighted by Gasteiger charge is -2.17. The van der Waals surface area contributed by atoms with Crippen molar-refractivity contribution in [2.24, 2.45) is 0 Å². The average Bonchev–Trinajstić information content (AvgIpc) is 2.90. The minimum absolute atomic E-state index is 0.154. The fraction of sp³-hybridized carbons (Fsp3) is 0.545. The Hall–Kier alpha value is -1.80. The molecular weight excluding hydrogens is 253 g/mol. The molecule has 0 radical (unpaired) electrons. The van der Waals surface area contributed by atoms with Gasteiger partial charge in [0.05, 0.1) is 12.7 Å². The lowest BCUT2D eigenvalue weighted by atomic mass is 10.2. The van der Waals surface area contributed by atoms with Crippen LogP contribution in [0.4, 0.5) is 10.2 Å². The molecule has 1 fully saturated rings. The quantitative estimate of drug-likeness (QED) is 0.813. The van der Waals surface area contributed by atoms with Gasteiger partial charge in [-0.1, -0.05) is 0 Å². The first kappa shape index (κ1) is 12.2.